The Labute approximate surface area is 201 Å². The zero-order valence-corrected chi connectivity index (χ0v) is 20.9. The van der Waals surface area contributed by atoms with Crippen molar-refractivity contribution in [2.24, 2.45) is 7.05 Å². The Bertz CT molecular complexity index is 1150. The number of rotatable bonds is 7. The van der Waals surface area contributed by atoms with Crippen LogP contribution in [0.5, 0.6) is 0 Å². The number of piperidine rings is 2. The molecule has 2 amide bonds. The highest BCUT2D eigenvalue weighted by atomic mass is 32.2. The fraction of sp³-hybridized carbons (Fsp3) is 0.625. The first-order valence-electron chi connectivity index (χ1n) is 12.3. The summed E-state index contributed by atoms with van der Waals surface area (Å²) in [6, 6.07) is 5.12. The van der Waals surface area contributed by atoms with E-state index in [1.54, 1.807) is 22.5 Å². The molecule has 2 aromatic rings. The Balaban J connectivity index is 1.43. The molecule has 0 saturated carbocycles. The minimum absolute atomic E-state index is 0.0145. The number of benzene rings is 1. The number of nitrogens with one attached hydrogen (secondary N) is 1. The zero-order chi connectivity index (χ0) is 24.3. The fourth-order valence-electron chi connectivity index (χ4n) is 4.90. The number of hydrogen-bond acceptors (Lipinski definition) is 5. The van der Waals surface area contributed by atoms with Gasteiger partial charge in [-0.25, -0.2) is 13.4 Å². The number of aryl methyl sites for hydroxylation is 2. The highest BCUT2D eigenvalue weighted by Crippen LogP contribution is 2.25. The van der Waals surface area contributed by atoms with Crippen LogP contribution in [0.1, 0.15) is 57.7 Å². The van der Waals surface area contributed by atoms with Crippen LogP contribution in [0.4, 0.5) is 0 Å². The van der Waals surface area contributed by atoms with Crippen LogP contribution in [0, 0.1) is 0 Å². The van der Waals surface area contributed by atoms with E-state index in [-0.39, 0.29) is 22.8 Å². The van der Waals surface area contributed by atoms with Gasteiger partial charge in [-0.3, -0.25) is 9.59 Å². The van der Waals surface area contributed by atoms with Crippen LogP contribution in [0.3, 0.4) is 0 Å². The van der Waals surface area contributed by atoms with Gasteiger partial charge in [-0.2, -0.15) is 4.31 Å². The van der Waals surface area contributed by atoms with Gasteiger partial charge in [0.1, 0.15) is 5.82 Å². The van der Waals surface area contributed by atoms with Crippen LogP contribution in [-0.4, -0.2) is 71.2 Å². The van der Waals surface area contributed by atoms with Crippen LogP contribution < -0.4 is 5.32 Å². The zero-order valence-electron chi connectivity index (χ0n) is 20.1. The van der Waals surface area contributed by atoms with Gasteiger partial charge in [0.05, 0.1) is 15.9 Å². The molecular weight excluding hydrogens is 454 g/mol. The quantitative estimate of drug-likeness (QED) is 0.642. The van der Waals surface area contributed by atoms with Gasteiger partial charge in [0.25, 0.3) is 0 Å². The molecule has 0 bridgehead atoms. The molecule has 2 aliphatic rings. The standard InChI is InChI=1S/C24H35N5O4S/c1-3-23(30)25-18-8-7-13-28(17-18)24(31)12-11-22-26-20-16-19(9-10-21(20)27(22)2)34(32,33)29-14-5-4-6-15-29/h9-10,16,18H,3-8,11-15,17H2,1-2H3,(H,25,30). The predicted octanol–water partition coefficient (Wildman–Crippen LogP) is 2.20. The molecule has 0 aliphatic carbocycles. The van der Waals surface area contributed by atoms with E-state index in [1.807, 2.05) is 23.4 Å². The molecule has 0 spiro atoms. The SMILES string of the molecule is CCC(=O)NC1CCCN(C(=O)CCc2nc3cc(S(=O)(=O)N4CCCCC4)ccc3n2C)C1. The predicted molar refractivity (Wildman–Crippen MR) is 130 cm³/mol. The summed E-state index contributed by atoms with van der Waals surface area (Å²) in [5.41, 5.74) is 1.48. The summed E-state index contributed by atoms with van der Waals surface area (Å²) >= 11 is 0. The van der Waals surface area contributed by atoms with E-state index in [1.165, 1.54) is 0 Å². The molecule has 186 valence electrons. The van der Waals surface area contributed by atoms with Crippen LogP contribution in [0.2, 0.25) is 0 Å². The van der Waals surface area contributed by atoms with E-state index in [2.05, 4.69) is 10.3 Å². The second-order valence-corrected chi connectivity index (χ2v) is 11.2. The molecule has 9 nitrogen and oxygen atoms in total. The minimum Gasteiger partial charge on any atom is -0.352 e. The molecule has 1 aromatic heterocycles. The van der Waals surface area contributed by atoms with Crippen molar-refractivity contribution in [3.63, 3.8) is 0 Å². The number of sulfonamides is 1. The van der Waals surface area contributed by atoms with Crippen molar-refractivity contribution in [1.82, 2.24) is 24.1 Å². The van der Waals surface area contributed by atoms with Gasteiger partial charge in [0.15, 0.2) is 0 Å². The van der Waals surface area contributed by atoms with Gasteiger partial charge in [-0.15, -0.1) is 0 Å². The molecule has 10 heteroatoms. The number of amides is 2. The summed E-state index contributed by atoms with van der Waals surface area (Å²) in [5.74, 6) is 0.820. The molecule has 0 radical (unpaired) electrons. The van der Waals surface area contributed by atoms with Gasteiger partial charge >= 0.3 is 0 Å². The lowest BCUT2D eigenvalue weighted by Crippen LogP contribution is -2.49. The van der Waals surface area contributed by atoms with Crippen LogP contribution in [0.15, 0.2) is 23.1 Å². The third-order valence-electron chi connectivity index (χ3n) is 6.92. The molecule has 1 atom stereocenters. The van der Waals surface area contributed by atoms with Gasteiger partial charge in [-0.1, -0.05) is 13.3 Å². The van der Waals surface area contributed by atoms with Gasteiger partial charge in [0, 0.05) is 58.5 Å². The molecule has 1 N–H and O–H groups in total. The highest BCUT2D eigenvalue weighted by molar-refractivity contribution is 7.89. The number of nitrogens with zero attached hydrogens (tertiary/aromatic N) is 4. The molecular formula is C24H35N5O4S. The molecule has 2 saturated heterocycles. The van der Waals surface area contributed by atoms with Gasteiger partial charge < -0.3 is 14.8 Å². The summed E-state index contributed by atoms with van der Waals surface area (Å²) in [6.07, 6.45) is 5.87. The number of carbonyl (C=O) groups excluding carboxylic acids is 2. The Morgan fingerprint density at radius 3 is 2.62 bits per heavy atom. The summed E-state index contributed by atoms with van der Waals surface area (Å²) in [6.45, 7) is 4.21. The van der Waals surface area contributed by atoms with E-state index < -0.39 is 10.0 Å². The number of aromatic nitrogens is 2. The minimum atomic E-state index is -3.52. The lowest BCUT2D eigenvalue weighted by molar-refractivity contribution is -0.133. The number of fused-ring (bicyclic) bond motifs is 1. The maximum absolute atomic E-state index is 13.0. The van der Waals surface area contributed by atoms with Crippen LogP contribution in [-0.2, 0) is 33.1 Å². The van der Waals surface area contributed by atoms with E-state index in [0.29, 0.717) is 51.0 Å². The highest BCUT2D eigenvalue weighted by Gasteiger charge is 2.27. The molecule has 34 heavy (non-hydrogen) atoms. The van der Waals surface area contributed by atoms with Crippen molar-refractivity contribution in [2.75, 3.05) is 26.2 Å². The smallest absolute Gasteiger partial charge is 0.243 e. The van der Waals surface area contributed by atoms with Crippen LogP contribution >= 0.6 is 0 Å². The monoisotopic (exact) mass is 489 g/mol. The van der Waals surface area contributed by atoms with E-state index in [4.69, 9.17) is 0 Å². The van der Waals surface area contributed by atoms with E-state index >= 15 is 0 Å². The Morgan fingerprint density at radius 1 is 1.12 bits per heavy atom. The summed E-state index contributed by atoms with van der Waals surface area (Å²) < 4.78 is 29.6. The Morgan fingerprint density at radius 2 is 1.88 bits per heavy atom. The summed E-state index contributed by atoms with van der Waals surface area (Å²) in [4.78, 5) is 31.3. The molecule has 1 unspecified atom stereocenters. The number of likely N-dealkylation sites (tertiary alicyclic amines) is 1. The second kappa shape index (κ2) is 10.4. The van der Waals surface area contributed by atoms with Crippen molar-refractivity contribution in [3.05, 3.63) is 24.0 Å². The third kappa shape index (κ3) is 5.27. The normalized spacial score (nSPS) is 19.9. The largest absolute Gasteiger partial charge is 0.352 e. The average molecular weight is 490 g/mol. The van der Waals surface area contributed by atoms with Crippen molar-refractivity contribution >= 4 is 32.9 Å². The first-order chi connectivity index (χ1) is 16.3. The number of imidazole rings is 1. The number of carbonyl (C=O) groups is 2. The molecule has 2 aliphatic heterocycles. The van der Waals surface area contributed by atoms with E-state index in [0.717, 1.165) is 43.4 Å². The van der Waals surface area contributed by atoms with Crippen molar-refractivity contribution in [2.45, 2.75) is 69.2 Å². The summed E-state index contributed by atoms with van der Waals surface area (Å²) in [7, 11) is -1.63. The fourth-order valence-corrected chi connectivity index (χ4v) is 6.43. The first kappa shape index (κ1) is 24.7. The molecule has 1 aromatic carbocycles. The summed E-state index contributed by atoms with van der Waals surface area (Å²) in [5, 5.41) is 2.99. The molecule has 3 heterocycles. The topological polar surface area (TPSA) is 105 Å². The van der Waals surface area contributed by atoms with Crippen molar-refractivity contribution in [3.8, 4) is 0 Å². The maximum Gasteiger partial charge on any atom is 0.243 e. The van der Waals surface area contributed by atoms with Crippen molar-refractivity contribution < 1.29 is 18.0 Å². The Kier molecular flexibility index (Phi) is 7.57. The first-order valence-corrected chi connectivity index (χ1v) is 13.8. The van der Waals surface area contributed by atoms with Gasteiger partial charge in [0.2, 0.25) is 21.8 Å². The van der Waals surface area contributed by atoms with Gasteiger partial charge in [-0.05, 0) is 43.9 Å². The lowest BCUT2D eigenvalue weighted by Gasteiger charge is -2.33. The molecule has 4 rings (SSSR count). The lowest BCUT2D eigenvalue weighted by atomic mass is 10.0. The maximum atomic E-state index is 13.0. The second-order valence-electron chi connectivity index (χ2n) is 9.30. The Hall–Kier alpha value is -2.46. The van der Waals surface area contributed by atoms with E-state index in [9.17, 15) is 18.0 Å². The average Bonchev–Trinajstić information content (AvgIpc) is 3.17. The third-order valence-corrected chi connectivity index (χ3v) is 8.82. The molecule has 2 fully saturated rings. The van der Waals surface area contributed by atoms with Crippen molar-refractivity contribution in [1.29, 1.82) is 0 Å². The number of hydrogen-bond donors (Lipinski definition) is 1. The van der Waals surface area contributed by atoms with Crippen LogP contribution in [0.25, 0.3) is 11.0 Å².